The van der Waals surface area contributed by atoms with Gasteiger partial charge in [-0.2, -0.15) is 0 Å². The van der Waals surface area contributed by atoms with Crippen LogP contribution in [0.4, 0.5) is 0 Å². The van der Waals surface area contributed by atoms with Crippen LogP contribution in [0.15, 0.2) is 24.4 Å². The maximum atomic E-state index is 3.61. The molecule has 0 atom stereocenters. The lowest BCUT2D eigenvalue weighted by molar-refractivity contribution is 0.912. The molecule has 0 bridgehead atoms. The fourth-order valence-corrected chi connectivity index (χ4v) is 0.322. The van der Waals surface area contributed by atoms with Crippen molar-refractivity contribution in [1.29, 1.82) is 0 Å². The lowest BCUT2D eigenvalue weighted by Crippen LogP contribution is -2.02. The van der Waals surface area contributed by atoms with Crippen molar-refractivity contribution < 1.29 is 0 Å². The van der Waals surface area contributed by atoms with E-state index in [1.165, 1.54) is 5.57 Å². The summed E-state index contributed by atoms with van der Waals surface area (Å²) in [5, 5.41) is 3.07. The number of allylic oxidation sites excluding steroid dienone is 2. The van der Waals surface area contributed by atoms with Gasteiger partial charge in [0.2, 0.25) is 0 Å². The van der Waals surface area contributed by atoms with Gasteiger partial charge >= 0.3 is 0 Å². The summed E-state index contributed by atoms with van der Waals surface area (Å²) in [7, 11) is 0. The summed E-state index contributed by atoms with van der Waals surface area (Å²) in [6.07, 6.45) is 3.77. The van der Waals surface area contributed by atoms with Gasteiger partial charge in [-0.25, -0.2) is 0 Å². The van der Waals surface area contributed by atoms with Crippen LogP contribution in [0.3, 0.4) is 0 Å². The zero-order valence-electron chi connectivity index (χ0n) is 5.57. The Kier molecular flexibility index (Phi) is 4.04. The summed E-state index contributed by atoms with van der Waals surface area (Å²) in [5.74, 6) is 0. The standard InChI is InChI=1S/C7H13N/c1-4-7(3)6-8-5-2/h4,6,8H,1,5H2,2-3H3/b7-6-. The first-order valence-electron chi connectivity index (χ1n) is 2.83. The van der Waals surface area contributed by atoms with Crippen LogP contribution in [0, 0.1) is 0 Å². The van der Waals surface area contributed by atoms with Crippen molar-refractivity contribution in [3.8, 4) is 0 Å². The second-order valence-electron chi connectivity index (χ2n) is 1.65. The largest absolute Gasteiger partial charge is 0.391 e. The quantitative estimate of drug-likeness (QED) is 0.546. The molecular formula is C7H13N. The molecule has 0 heterocycles. The van der Waals surface area contributed by atoms with Gasteiger partial charge in [0.15, 0.2) is 0 Å². The molecule has 1 heteroatoms. The van der Waals surface area contributed by atoms with Crippen molar-refractivity contribution in [2.24, 2.45) is 0 Å². The van der Waals surface area contributed by atoms with Crippen LogP contribution in [-0.2, 0) is 0 Å². The highest BCUT2D eigenvalue weighted by Crippen LogP contribution is 1.87. The molecule has 1 nitrogen and oxygen atoms in total. The van der Waals surface area contributed by atoms with Crippen LogP contribution in [0.5, 0.6) is 0 Å². The average molecular weight is 111 g/mol. The highest BCUT2D eigenvalue weighted by molar-refractivity contribution is 5.11. The minimum absolute atomic E-state index is 0.977. The van der Waals surface area contributed by atoms with Gasteiger partial charge in [-0.3, -0.25) is 0 Å². The predicted molar refractivity (Wildman–Crippen MR) is 37.6 cm³/mol. The first-order chi connectivity index (χ1) is 3.81. The minimum atomic E-state index is 0.977. The average Bonchev–Trinajstić information content (AvgIpc) is 1.83. The number of rotatable bonds is 3. The molecule has 0 aromatic carbocycles. The highest BCUT2D eigenvalue weighted by atomic mass is 14.8. The van der Waals surface area contributed by atoms with Crippen LogP contribution >= 0.6 is 0 Å². The van der Waals surface area contributed by atoms with E-state index < -0.39 is 0 Å². The Bertz CT molecular complexity index is 92.6. The Morgan fingerprint density at radius 3 is 2.75 bits per heavy atom. The third-order valence-corrected chi connectivity index (χ3v) is 0.856. The number of nitrogens with one attached hydrogen (secondary N) is 1. The van der Waals surface area contributed by atoms with Gasteiger partial charge in [0.05, 0.1) is 0 Å². The van der Waals surface area contributed by atoms with E-state index in [4.69, 9.17) is 0 Å². The Labute approximate surface area is 51.1 Å². The molecule has 0 aliphatic carbocycles. The summed E-state index contributed by atoms with van der Waals surface area (Å²) in [5.41, 5.74) is 1.17. The molecule has 1 N–H and O–H groups in total. The van der Waals surface area contributed by atoms with E-state index in [-0.39, 0.29) is 0 Å². The zero-order chi connectivity index (χ0) is 6.41. The summed E-state index contributed by atoms with van der Waals surface area (Å²) >= 11 is 0. The Hall–Kier alpha value is -0.720. The minimum Gasteiger partial charge on any atom is -0.391 e. The van der Waals surface area contributed by atoms with Crippen molar-refractivity contribution in [3.63, 3.8) is 0 Å². The van der Waals surface area contributed by atoms with Gasteiger partial charge in [0, 0.05) is 6.54 Å². The van der Waals surface area contributed by atoms with E-state index >= 15 is 0 Å². The van der Waals surface area contributed by atoms with E-state index in [1.807, 2.05) is 19.2 Å². The summed E-state index contributed by atoms with van der Waals surface area (Å²) in [4.78, 5) is 0. The second kappa shape index (κ2) is 4.44. The summed E-state index contributed by atoms with van der Waals surface area (Å²) in [6.45, 7) is 8.65. The van der Waals surface area contributed by atoms with Crippen LogP contribution in [0.1, 0.15) is 13.8 Å². The smallest absolute Gasteiger partial charge is 0.0113 e. The molecule has 0 spiro atoms. The Balaban J connectivity index is 3.40. The fraction of sp³-hybridized carbons (Fsp3) is 0.429. The molecule has 0 radical (unpaired) electrons. The monoisotopic (exact) mass is 111 g/mol. The highest BCUT2D eigenvalue weighted by Gasteiger charge is 1.73. The van der Waals surface area contributed by atoms with E-state index in [0.717, 1.165) is 6.54 Å². The van der Waals surface area contributed by atoms with E-state index in [0.29, 0.717) is 0 Å². The van der Waals surface area contributed by atoms with E-state index in [1.54, 1.807) is 0 Å². The third-order valence-electron chi connectivity index (χ3n) is 0.856. The first-order valence-corrected chi connectivity index (χ1v) is 2.83. The van der Waals surface area contributed by atoms with Crippen molar-refractivity contribution >= 4 is 0 Å². The molecule has 0 aromatic rings. The van der Waals surface area contributed by atoms with Crippen LogP contribution in [-0.4, -0.2) is 6.54 Å². The van der Waals surface area contributed by atoms with Gasteiger partial charge in [0.1, 0.15) is 0 Å². The van der Waals surface area contributed by atoms with Crippen molar-refractivity contribution in [1.82, 2.24) is 5.32 Å². The third kappa shape index (κ3) is 3.47. The topological polar surface area (TPSA) is 12.0 Å². The molecule has 0 amide bonds. The van der Waals surface area contributed by atoms with Crippen molar-refractivity contribution in [2.45, 2.75) is 13.8 Å². The first kappa shape index (κ1) is 7.28. The SMILES string of the molecule is C=C/C(C)=C\NCC. The number of hydrogen-bond donors (Lipinski definition) is 1. The normalized spacial score (nSPS) is 11.0. The molecule has 8 heavy (non-hydrogen) atoms. The molecule has 0 aliphatic heterocycles. The molecule has 0 saturated heterocycles. The second-order valence-corrected chi connectivity index (χ2v) is 1.65. The molecule has 0 aromatic heterocycles. The van der Waals surface area contributed by atoms with Gasteiger partial charge in [0.25, 0.3) is 0 Å². The fourth-order valence-electron chi connectivity index (χ4n) is 0.322. The maximum Gasteiger partial charge on any atom is 0.0113 e. The van der Waals surface area contributed by atoms with Gasteiger partial charge in [-0.1, -0.05) is 12.7 Å². The zero-order valence-corrected chi connectivity index (χ0v) is 5.57. The van der Waals surface area contributed by atoms with E-state index in [2.05, 4.69) is 18.8 Å². The lowest BCUT2D eigenvalue weighted by Gasteiger charge is -1.92. The predicted octanol–water partition coefficient (Wildman–Crippen LogP) is 1.69. The Morgan fingerprint density at radius 1 is 1.75 bits per heavy atom. The molecule has 0 saturated carbocycles. The number of hydrogen-bond acceptors (Lipinski definition) is 1. The van der Waals surface area contributed by atoms with Gasteiger partial charge < -0.3 is 5.32 Å². The van der Waals surface area contributed by atoms with Crippen molar-refractivity contribution in [2.75, 3.05) is 6.54 Å². The molecule has 0 fully saturated rings. The lowest BCUT2D eigenvalue weighted by atomic mass is 10.3. The molecular weight excluding hydrogens is 98.1 g/mol. The Morgan fingerprint density at radius 2 is 2.38 bits per heavy atom. The summed E-state index contributed by atoms with van der Waals surface area (Å²) in [6, 6.07) is 0. The maximum absolute atomic E-state index is 3.61. The molecule has 0 unspecified atom stereocenters. The van der Waals surface area contributed by atoms with Crippen molar-refractivity contribution in [3.05, 3.63) is 24.4 Å². The van der Waals surface area contributed by atoms with Crippen LogP contribution in [0.2, 0.25) is 0 Å². The van der Waals surface area contributed by atoms with Crippen LogP contribution < -0.4 is 5.32 Å². The summed E-state index contributed by atoms with van der Waals surface area (Å²) < 4.78 is 0. The van der Waals surface area contributed by atoms with Crippen LogP contribution in [0.25, 0.3) is 0 Å². The van der Waals surface area contributed by atoms with Gasteiger partial charge in [-0.05, 0) is 25.6 Å². The molecule has 0 aliphatic rings. The molecule has 0 rings (SSSR count). The van der Waals surface area contributed by atoms with Gasteiger partial charge in [-0.15, -0.1) is 0 Å². The van der Waals surface area contributed by atoms with E-state index in [9.17, 15) is 0 Å². The molecule has 46 valence electrons.